The molecule has 6 rings (SSSR count). The molecular formula is C36H48N6O6. The number of carbonyl (C=O) groups is 4. The second-order valence-electron chi connectivity index (χ2n) is 13.4. The summed E-state index contributed by atoms with van der Waals surface area (Å²) < 4.78 is 10.8. The molecule has 2 aromatic rings. The lowest BCUT2D eigenvalue weighted by atomic mass is 10.0. The lowest BCUT2D eigenvalue weighted by Gasteiger charge is -2.42. The van der Waals surface area contributed by atoms with Gasteiger partial charge in [0.15, 0.2) is 0 Å². The molecule has 0 radical (unpaired) electrons. The molecule has 0 aliphatic carbocycles. The summed E-state index contributed by atoms with van der Waals surface area (Å²) in [4.78, 5) is 60.4. The Balaban J connectivity index is 1.09. The number of piperidine rings is 1. The lowest BCUT2D eigenvalue weighted by Crippen LogP contribution is -2.59. The summed E-state index contributed by atoms with van der Waals surface area (Å²) in [5.74, 6) is -0.00369. The molecule has 2 N–H and O–H groups in total. The van der Waals surface area contributed by atoms with Crippen molar-refractivity contribution in [2.24, 2.45) is 0 Å². The van der Waals surface area contributed by atoms with E-state index in [-0.39, 0.29) is 24.0 Å². The van der Waals surface area contributed by atoms with Gasteiger partial charge in [-0.05, 0) is 67.9 Å². The second kappa shape index (κ2) is 15.4. The number of aryl methyl sites for hydroxylation is 1. The molecule has 4 aliphatic heterocycles. The van der Waals surface area contributed by atoms with Gasteiger partial charge in [0.05, 0.1) is 0 Å². The van der Waals surface area contributed by atoms with E-state index in [1.54, 1.807) is 11.0 Å². The molecule has 258 valence electrons. The number of anilines is 1. The molecule has 4 aliphatic rings. The van der Waals surface area contributed by atoms with Crippen LogP contribution in [0.3, 0.4) is 0 Å². The van der Waals surface area contributed by atoms with Crippen LogP contribution in [0.4, 0.5) is 15.3 Å². The van der Waals surface area contributed by atoms with Crippen LogP contribution < -0.4 is 15.4 Å². The molecule has 0 bridgehead atoms. The number of likely N-dealkylation sites (tertiary alicyclic amines) is 1. The maximum atomic E-state index is 14.1. The van der Waals surface area contributed by atoms with Crippen LogP contribution in [0.15, 0.2) is 42.5 Å². The van der Waals surface area contributed by atoms with E-state index in [0.29, 0.717) is 63.8 Å². The van der Waals surface area contributed by atoms with E-state index in [0.717, 1.165) is 67.9 Å². The molecule has 48 heavy (non-hydrogen) atoms. The minimum atomic E-state index is -0.751. The number of benzene rings is 2. The van der Waals surface area contributed by atoms with E-state index in [1.807, 2.05) is 53.1 Å². The Labute approximate surface area is 282 Å². The predicted octanol–water partition coefficient (Wildman–Crippen LogP) is 3.42. The van der Waals surface area contributed by atoms with Gasteiger partial charge in [-0.3, -0.25) is 14.5 Å². The molecule has 4 heterocycles. The maximum Gasteiger partial charge on any atom is 0.322 e. The monoisotopic (exact) mass is 660 g/mol. The number of hydrogen-bond donors (Lipinski definition) is 2. The number of carbonyl (C=O) groups excluding carboxylic acids is 4. The van der Waals surface area contributed by atoms with Gasteiger partial charge in [0.1, 0.15) is 11.8 Å². The minimum absolute atomic E-state index is 0.0338. The first-order valence-electron chi connectivity index (χ1n) is 17.3. The van der Waals surface area contributed by atoms with Crippen LogP contribution in [-0.4, -0.2) is 121 Å². The largest absolute Gasteiger partial charge is 0.426 e. The van der Waals surface area contributed by atoms with Crippen molar-refractivity contribution < 1.29 is 28.7 Å². The van der Waals surface area contributed by atoms with Crippen LogP contribution in [0.2, 0.25) is 0 Å². The summed E-state index contributed by atoms with van der Waals surface area (Å²) in [6.07, 6.45) is 4.46. The minimum Gasteiger partial charge on any atom is -0.426 e. The fourth-order valence-corrected chi connectivity index (χ4v) is 7.48. The van der Waals surface area contributed by atoms with Gasteiger partial charge in [0, 0.05) is 90.1 Å². The van der Waals surface area contributed by atoms with Gasteiger partial charge >= 0.3 is 18.0 Å². The average Bonchev–Trinajstić information content (AvgIpc) is 3.27. The molecule has 0 aromatic heterocycles. The number of rotatable bonds is 7. The molecular weight excluding hydrogens is 612 g/mol. The normalized spacial score (nSPS) is 20.4. The summed E-state index contributed by atoms with van der Waals surface area (Å²) in [6.45, 7) is 9.24. The summed E-state index contributed by atoms with van der Waals surface area (Å²) >= 11 is 0. The molecule has 2 aromatic carbocycles. The van der Waals surface area contributed by atoms with E-state index in [9.17, 15) is 19.2 Å². The van der Waals surface area contributed by atoms with E-state index in [1.165, 1.54) is 6.92 Å². The van der Waals surface area contributed by atoms with Crippen molar-refractivity contribution in [1.29, 1.82) is 0 Å². The highest BCUT2D eigenvalue weighted by Gasteiger charge is 2.35. The van der Waals surface area contributed by atoms with Gasteiger partial charge in [-0.25, -0.2) is 9.59 Å². The van der Waals surface area contributed by atoms with Crippen molar-refractivity contribution in [2.75, 3.05) is 64.3 Å². The first-order valence-corrected chi connectivity index (χ1v) is 17.3. The van der Waals surface area contributed by atoms with Crippen molar-refractivity contribution in [1.82, 2.24) is 24.9 Å². The highest BCUT2D eigenvalue weighted by Crippen LogP contribution is 2.25. The number of nitrogens with one attached hydrogen (secondary N) is 2. The number of nitrogens with zero attached hydrogens (tertiary/aromatic N) is 4. The third kappa shape index (κ3) is 8.10. The molecule has 0 unspecified atom stereocenters. The van der Waals surface area contributed by atoms with Crippen molar-refractivity contribution in [3.05, 3.63) is 59.2 Å². The Kier molecular flexibility index (Phi) is 10.8. The zero-order valence-electron chi connectivity index (χ0n) is 28.1. The van der Waals surface area contributed by atoms with Crippen molar-refractivity contribution >= 4 is 29.6 Å². The Bertz CT molecular complexity index is 1480. The first kappa shape index (κ1) is 33.7. The van der Waals surface area contributed by atoms with Crippen molar-refractivity contribution in [3.8, 4) is 5.75 Å². The zero-order chi connectivity index (χ0) is 33.6. The Morgan fingerprint density at radius 2 is 1.65 bits per heavy atom. The molecule has 3 fully saturated rings. The number of esters is 1. The third-order valence-corrected chi connectivity index (χ3v) is 10.2. The second-order valence-corrected chi connectivity index (χ2v) is 13.4. The van der Waals surface area contributed by atoms with Crippen LogP contribution >= 0.6 is 0 Å². The van der Waals surface area contributed by atoms with Crippen LogP contribution in [0.25, 0.3) is 0 Å². The predicted molar refractivity (Wildman–Crippen MR) is 181 cm³/mol. The third-order valence-electron chi connectivity index (χ3n) is 10.2. The lowest BCUT2D eigenvalue weighted by molar-refractivity contribution is -0.135. The fourth-order valence-electron chi connectivity index (χ4n) is 7.48. The summed E-state index contributed by atoms with van der Waals surface area (Å²) in [5.41, 5.74) is 3.64. The number of ether oxygens (including phenoxy) is 2. The molecule has 3 saturated heterocycles. The maximum absolute atomic E-state index is 14.1. The SMILES string of the molecule is CC(=O)Oc1ccc(C[C@@H](NC(=O)N2CCC(N3CCc4ccccc4NC3=O)CC2)C(=O)N2CCN(C3CCOCC3)CC2)cc1C. The highest BCUT2D eigenvalue weighted by molar-refractivity contribution is 5.91. The van der Waals surface area contributed by atoms with Crippen LogP contribution in [0.5, 0.6) is 5.75 Å². The van der Waals surface area contributed by atoms with Gasteiger partial charge in [0.2, 0.25) is 5.91 Å². The Morgan fingerprint density at radius 1 is 0.917 bits per heavy atom. The van der Waals surface area contributed by atoms with Gasteiger partial charge in [0.25, 0.3) is 0 Å². The summed E-state index contributed by atoms with van der Waals surface area (Å²) in [5, 5.41) is 6.14. The molecule has 0 saturated carbocycles. The topological polar surface area (TPSA) is 124 Å². The van der Waals surface area contributed by atoms with Gasteiger partial charge < -0.3 is 34.8 Å². The van der Waals surface area contributed by atoms with Crippen LogP contribution in [0, 0.1) is 6.92 Å². The molecule has 5 amide bonds. The molecule has 12 heteroatoms. The van der Waals surface area contributed by atoms with Crippen molar-refractivity contribution in [3.63, 3.8) is 0 Å². The standard InChI is InChI=1S/C36H48N6O6/c1-25-23-27(7-8-33(25)48-26(2)43)24-32(34(44)40-19-17-39(18-20-40)29-12-21-47-22-13-29)38-35(45)41-14-10-30(11-15-41)42-16-9-28-5-3-4-6-31(28)37-36(42)46/h3-8,23,29-30,32H,9-22,24H2,1-2H3,(H,37,46)(H,38,45)/t32-/m1/s1. The molecule has 12 nitrogen and oxygen atoms in total. The number of urea groups is 2. The quantitative estimate of drug-likeness (QED) is 0.345. The van der Waals surface area contributed by atoms with Gasteiger partial charge in [-0.15, -0.1) is 0 Å². The first-order chi connectivity index (χ1) is 23.2. The van der Waals surface area contributed by atoms with Crippen LogP contribution in [-0.2, 0) is 27.2 Å². The van der Waals surface area contributed by atoms with Gasteiger partial charge in [-0.1, -0.05) is 30.3 Å². The number of amides is 5. The number of hydrogen-bond acceptors (Lipinski definition) is 7. The number of para-hydroxylation sites is 1. The number of piperazine rings is 1. The van der Waals surface area contributed by atoms with E-state index in [4.69, 9.17) is 9.47 Å². The van der Waals surface area contributed by atoms with E-state index in [2.05, 4.69) is 15.5 Å². The summed E-state index contributed by atoms with van der Waals surface area (Å²) in [7, 11) is 0. The Hall–Kier alpha value is -4.16. The summed E-state index contributed by atoms with van der Waals surface area (Å²) in [6, 6.07) is 12.8. The molecule has 1 atom stereocenters. The van der Waals surface area contributed by atoms with Crippen LogP contribution in [0.1, 0.15) is 49.3 Å². The number of fused-ring (bicyclic) bond motifs is 1. The van der Waals surface area contributed by atoms with Gasteiger partial charge in [-0.2, -0.15) is 0 Å². The molecule has 0 spiro atoms. The van der Waals surface area contributed by atoms with E-state index < -0.39 is 12.0 Å². The van der Waals surface area contributed by atoms with E-state index >= 15 is 0 Å². The fraction of sp³-hybridized carbons (Fsp3) is 0.556. The zero-order valence-corrected chi connectivity index (χ0v) is 28.1. The Morgan fingerprint density at radius 3 is 2.35 bits per heavy atom. The highest BCUT2D eigenvalue weighted by atomic mass is 16.5. The smallest absolute Gasteiger partial charge is 0.322 e. The average molecular weight is 661 g/mol. The van der Waals surface area contributed by atoms with Crippen molar-refractivity contribution in [2.45, 2.75) is 70.5 Å².